The van der Waals surface area contributed by atoms with Crippen LogP contribution in [0.3, 0.4) is 0 Å². The normalized spacial score (nSPS) is 8.50. The van der Waals surface area contributed by atoms with Gasteiger partial charge in [-0.1, -0.05) is 18.2 Å². The smallest absolute Gasteiger partial charge is 1.00 e. The van der Waals surface area contributed by atoms with E-state index in [1.807, 2.05) is 91.8 Å². The molecule has 113 heavy (non-hydrogen) atoms. The molecule has 0 aliphatic rings. The number of quaternary nitrogens is 7. The molecule has 3 rings (SSSR count). The van der Waals surface area contributed by atoms with Gasteiger partial charge in [0, 0.05) is 185 Å². The molecule has 0 atom stereocenters. The molecule has 3 heterocycles. The number of aromatic nitrogens is 3. The minimum Gasteiger partial charge on any atom is -1.00 e. The van der Waals surface area contributed by atoms with Crippen molar-refractivity contribution in [2.45, 2.75) is 0 Å². The molecule has 52 nitrogen and oxygen atoms in total. The van der Waals surface area contributed by atoms with Gasteiger partial charge in [0.2, 0.25) is 0 Å². The molecule has 0 radical (unpaired) electrons. The van der Waals surface area contributed by atoms with Crippen LogP contribution in [0.2, 0.25) is 0 Å². The summed E-state index contributed by atoms with van der Waals surface area (Å²) >= 11 is 0. The van der Waals surface area contributed by atoms with E-state index in [2.05, 4.69) is 15.0 Å². The minimum atomic E-state index is -5.17. The Bertz CT molecular complexity index is 2460. The molecule has 0 aromatic carbocycles. The third-order valence-corrected chi connectivity index (χ3v) is 8.25. The first-order chi connectivity index (χ1) is 42.6. The summed E-state index contributed by atoms with van der Waals surface area (Å²) in [5, 5.41) is 125. The van der Waals surface area contributed by atoms with Crippen molar-refractivity contribution in [3.8, 4) is 0 Å². The van der Waals surface area contributed by atoms with E-state index in [0.717, 1.165) is 29.4 Å². The summed E-state index contributed by atoms with van der Waals surface area (Å²) in [6.07, 6.45) is 11.2. The summed E-state index contributed by atoms with van der Waals surface area (Å²) in [7, 11) is -15.5. The maximum absolute atomic E-state index is 10.4. The molecule has 0 unspecified atom stereocenters. The Kier molecular flexibility index (Phi) is 188. The summed E-state index contributed by atoms with van der Waals surface area (Å²) in [5.74, 6) is -18.4. The number of carbonyl (C=O) groups is 12. The summed E-state index contributed by atoms with van der Waals surface area (Å²) in [4.78, 5) is 139. The number of hydrogen-bond acceptors (Lipinski definition) is 42. The molecule has 0 fully saturated rings. The Hall–Kier alpha value is -3.30. The largest absolute Gasteiger partial charge is 2.00 e. The van der Waals surface area contributed by atoms with Gasteiger partial charge in [-0.25, -0.2) is 15.0 Å². The van der Waals surface area contributed by atoms with Crippen LogP contribution in [0, 0.1) is 0 Å². The van der Waals surface area contributed by atoms with Crippen molar-refractivity contribution < 1.29 is 408 Å². The summed E-state index contributed by atoms with van der Waals surface area (Å²) in [6.45, 7) is -9.75. The average molecular weight is 2390 g/mol. The second-order valence-corrected chi connectivity index (χ2v) is 18.6. The molecular formula is C45H82Br6Fe7N16O36S3. The predicted molar refractivity (Wildman–Crippen MR) is 301 cm³/mol. The zero-order valence-corrected chi connectivity index (χ0v) is 78.9. The van der Waals surface area contributed by atoms with Crippen molar-refractivity contribution in [1.82, 2.24) is 72.5 Å². The molecule has 0 bridgehead atoms. The van der Waals surface area contributed by atoms with Crippen molar-refractivity contribution in [2.24, 2.45) is 0 Å². The fourth-order valence-corrected chi connectivity index (χ4v) is 5.35. The van der Waals surface area contributed by atoms with Crippen LogP contribution < -0.4 is 221 Å². The zero-order chi connectivity index (χ0) is 73.3. The van der Waals surface area contributed by atoms with E-state index in [0.29, 0.717) is 0 Å². The number of halogens is 6. The molecule has 0 saturated heterocycles. The van der Waals surface area contributed by atoms with Gasteiger partial charge in [0.05, 0.1) is 71.6 Å². The van der Waals surface area contributed by atoms with Crippen molar-refractivity contribution >= 4 is 103 Å². The van der Waals surface area contributed by atoms with Gasteiger partial charge in [0.1, 0.15) is 0 Å². The molecule has 68 heteroatoms. The Morgan fingerprint density at radius 2 is 0.274 bits per heavy atom. The van der Waals surface area contributed by atoms with Crippen LogP contribution in [0.25, 0.3) is 0 Å². The SMILES string of the molecule is O=C([O-])CN(CCN(CC(=O)[O-])CC(=O)[O-])CC(=O)[O-].O=C([O-])CN(CCN(CC(=O)[O-])CC(=O)[O-])CC(=O)[O-].O=C([O-])CN(CCN(CC(=O)[O-])CC(=O)[O-])CC(=O)[O-].O=S(=O)([O-])[O-].O=S(=O)([O-])[O-].O=S(=O)([O-])[O-].[Br-].[Br-].[Br-].[Br-].[Br-].[Br-].[Fe+2].[Fe+2].[Fe+2].[Fe+2].[Fe+2].[Fe+2].[Fe+2].[NH4+].[NH4+].[NH4+].[NH4+].[NH4+].[NH4+].[NH4+].c1cc[nH+]cc1.c1cc[nH+]cc1.c1cc[nH+]cc1. The summed E-state index contributed by atoms with van der Waals surface area (Å²) in [5.41, 5.74) is 0. The molecule has 0 saturated carbocycles. The molecule has 3 aromatic rings. The number of pyridine rings is 3. The monoisotopic (exact) mass is 2380 g/mol. The van der Waals surface area contributed by atoms with Crippen molar-refractivity contribution in [3.05, 3.63) is 91.8 Å². The van der Waals surface area contributed by atoms with Crippen LogP contribution in [-0.2, 0) is 208 Å². The second-order valence-electron chi connectivity index (χ2n) is 16.2. The predicted octanol–water partition coefficient (Wildman–Crippen LogP) is -40.1. The van der Waals surface area contributed by atoms with Crippen LogP contribution in [0.5, 0.6) is 0 Å². The fourth-order valence-electron chi connectivity index (χ4n) is 5.35. The maximum atomic E-state index is 10.4. The van der Waals surface area contributed by atoms with Gasteiger partial charge in [0.15, 0.2) is 37.2 Å². The number of hydrogen-bond donors (Lipinski definition) is 7. The molecule has 0 spiro atoms. The van der Waals surface area contributed by atoms with Gasteiger partial charge in [-0.05, 0) is 0 Å². The van der Waals surface area contributed by atoms with Crippen LogP contribution in [0.4, 0.5) is 0 Å². The summed E-state index contributed by atoms with van der Waals surface area (Å²) in [6, 6.07) is 17.6. The first-order valence-corrected chi connectivity index (χ1v) is 28.1. The number of rotatable bonds is 33. The van der Waals surface area contributed by atoms with Gasteiger partial charge >= 0.3 is 119 Å². The third kappa shape index (κ3) is 205. The fraction of sp³-hybridized carbons (Fsp3) is 0.400. The number of carboxylic acids is 12. The van der Waals surface area contributed by atoms with Gasteiger partial charge < -0.3 is 291 Å². The topological polar surface area (TPSA) is 1040 Å². The number of carboxylic acid groups (broad SMARTS) is 12. The molecule has 31 N–H and O–H groups in total. The van der Waals surface area contributed by atoms with E-state index >= 15 is 0 Å². The maximum Gasteiger partial charge on any atom is 2.00 e. The molecule has 0 amide bonds. The number of aliphatic carboxylic acids is 12. The molecule has 3 aromatic heterocycles. The van der Waals surface area contributed by atoms with Gasteiger partial charge in [0.25, 0.3) is 0 Å². The van der Waals surface area contributed by atoms with E-state index in [-0.39, 0.29) is 304 Å². The van der Waals surface area contributed by atoms with E-state index in [1.54, 1.807) is 0 Å². The second kappa shape index (κ2) is 115. The van der Waals surface area contributed by atoms with Crippen LogP contribution >= 0.6 is 0 Å². The quantitative estimate of drug-likeness (QED) is 0.0169. The van der Waals surface area contributed by atoms with Gasteiger partial charge in [-0.2, -0.15) is 0 Å². The minimum absolute atomic E-state index is 0. The van der Waals surface area contributed by atoms with E-state index in [4.69, 9.17) is 52.6 Å². The average Bonchev–Trinajstić information content (AvgIpc) is 0.952. The Labute approximate surface area is 784 Å². The number of nitrogens with one attached hydrogen (secondary N) is 3. The van der Waals surface area contributed by atoms with Crippen LogP contribution in [0.15, 0.2) is 91.8 Å². The standard InChI is InChI=1S/3C10H16N2O8.3C5H5N.6BrH.7Fe.7H3N.3H2O4S/c3*13-7(14)3-11(4-8(15)16)1-2-12(5-9(17)18)6-10(19)20;3*1-2-4-6-5-3-1;;;;;;;;;;;;;;;;;;;;;3*1-5(2,3)4/h3*1-6H2,(H,13,14)(H,15,16)(H,17,18)(H,19,20);3*1-5H;6*1H;;;;;;;;7*1H3;3*(H2,1,2,3,4)/q;;;;;;;;;;;;7*+2;;;;;;;;;;/p-14. The van der Waals surface area contributed by atoms with E-state index < -0.39 is 181 Å². The van der Waals surface area contributed by atoms with Crippen molar-refractivity contribution in [3.63, 3.8) is 0 Å². The first-order valence-electron chi connectivity index (χ1n) is 24.1. The van der Waals surface area contributed by atoms with Crippen molar-refractivity contribution in [2.75, 3.05) is 118 Å². The number of carbonyl (C=O) groups excluding carboxylic acids is 12. The Balaban J connectivity index is -0.0000000323. The number of aromatic amines is 3. The van der Waals surface area contributed by atoms with Crippen LogP contribution in [-0.4, -0.2) is 271 Å². The van der Waals surface area contributed by atoms with Crippen LogP contribution in [0.1, 0.15) is 0 Å². The first kappa shape index (κ1) is 185. The van der Waals surface area contributed by atoms with Gasteiger partial charge in [-0.15, -0.1) is 0 Å². The zero-order valence-electron chi connectivity index (χ0n) is 59.2. The molecular weight excluding hydrogens is 2310 g/mol. The van der Waals surface area contributed by atoms with E-state index in [1.165, 1.54) is 0 Å². The molecule has 0 aliphatic heterocycles. The molecule has 0 aliphatic carbocycles. The van der Waals surface area contributed by atoms with E-state index in [9.17, 15) is 119 Å². The van der Waals surface area contributed by atoms with Gasteiger partial charge in [-0.3, -0.25) is 54.7 Å². The molecule has 674 valence electrons. The Morgan fingerprint density at radius 3 is 0.310 bits per heavy atom. The number of H-pyrrole nitrogens is 3. The number of nitrogens with zero attached hydrogens (tertiary/aromatic N) is 6. The third-order valence-electron chi connectivity index (χ3n) is 8.25. The Morgan fingerprint density at radius 1 is 0.204 bits per heavy atom. The van der Waals surface area contributed by atoms with Crippen molar-refractivity contribution in [1.29, 1.82) is 0 Å². The summed E-state index contributed by atoms with van der Waals surface area (Å²) < 4.78 is 102.